The van der Waals surface area contributed by atoms with Crippen molar-refractivity contribution in [3.63, 3.8) is 0 Å². The lowest BCUT2D eigenvalue weighted by Crippen LogP contribution is -2.28. The van der Waals surface area contributed by atoms with Gasteiger partial charge in [0.15, 0.2) is 0 Å². The summed E-state index contributed by atoms with van der Waals surface area (Å²) in [5.41, 5.74) is 3.30. The van der Waals surface area contributed by atoms with Crippen molar-refractivity contribution in [3.8, 4) is 0 Å². The van der Waals surface area contributed by atoms with Gasteiger partial charge in [0.25, 0.3) is 5.91 Å². The number of nitrogens with one attached hydrogen (secondary N) is 1. The van der Waals surface area contributed by atoms with Gasteiger partial charge in [0.2, 0.25) is 0 Å². The molecule has 0 bridgehead atoms. The highest BCUT2D eigenvalue weighted by molar-refractivity contribution is 7.85. The molecule has 6 nitrogen and oxygen atoms in total. The zero-order valence-electron chi connectivity index (χ0n) is 17.2. The van der Waals surface area contributed by atoms with E-state index < -0.39 is 16.8 Å². The highest BCUT2D eigenvalue weighted by Crippen LogP contribution is 2.28. The molecule has 1 N–H and O–H groups in total. The second-order valence-electron chi connectivity index (χ2n) is 7.10. The fourth-order valence-electron chi connectivity index (χ4n) is 3.25. The molecule has 1 heterocycles. The largest absolute Gasteiger partial charge is 0.468 e. The molecule has 0 fully saturated rings. The van der Waals surface area contributed by atoms with E-state index in [1.165, 1.54) is 7.11 Å². The highest BCUT2D eigenvalue weighted by atomic mass is 35.5. The van der Waals surface area contributed by atoms with Crippen LogP contribution in [-0.4, -0.2) is 33.5 Å². The molecule has 2 aromatic carbocycles. The Hall–Kier alpha value is -2.64. The topological polar surface area (TPSA) is 77.4 Å². The number of carbonyl (C=O) groups excluding carboxylic acids is 2. The van der Waals surface area contributed by atoms with Gasteiger partial charge >= 0.3 is 5.97 Å². The molecular formula is C22H23ClN2O4S. The van der Waals surface area contributed by atoms with Gasteiger partial charge in [0.1, 0.15) is 11.4 Å². The molecular weight excluding hydrogens is 424 g/mol. The van der Waals surface area contributed by atoms with Gasteiger partial charge in [-0.25, -0.2) is 0 Å². The summed E-state index contributed by atoms with van der Waals surface area (Å²) in [7, 11) is 1.63. The Morgan fingerprint density at radius 1 is 1.20 bits per heavy atom. The summed E-state index contributed by atoms with van der Waals surface area (Å²) in [6.45, 7) is 3.83. The third-order valence-electron chi connectivity index (χ3n) is 4.96. The van der Waals surface area contributed by atoms with Gasteiger partial charge in [-0.1, -0.05) is 23.7 Å². The molecule has 2 unspecified atom stereocenters. The minimum Gasteiger partial charge on any atom is -0.468 e. The quantitative estimate of drug-likeness (QED) is 0.582. The predicted molar refractivity (Wildman–Crippen MR) is 118 cm³/mol. The summed E-state index contributed by atoms with van der Waals surface area (Å²) < 4.78 is 18.5. The first-order valence-electron chi connectivity index (χ1n) is 9.33. The zero-order valence-corrected chi connectivity index (χ0v) is 18.8. The van der Waals surface area contributed by atoms with E-state index in [4.69, 9.17) is 11.6 Å². The number of amides is 1. The fraction of sp³-hybridized carbons (Fsp3) is 0.273. The van der Waals surface area contributed by atoms with E-state index in [-0.39, 0.29) is 17.7 Å². The first-order valence-corrected chi connectivity index (χ1v) is 11.0. The fourth-order valence-corrected chi connectivity index (χ4v) is 4.51. The van der Waals surface area contributed by atoms with E-state index in [9.17, 15) is 13.8 Å². The van der Waals surface area contributed by atoms with Crippen molar-refractivity contribution < 1.29 is 18.5 Å². The monoisotopic (exact) mass is 446 g/mol. The van der Waals surface area contributed by atoms with Crippen LogP contribution in [0.2, 0.25) is 5.02 Å². The van der Waals surface area contributed by atoms with E-state index in [0.717, 1.165) is 22.0 Å². The summed E-state index contributed by atoms with van der Waals surface area (Å²) in [5.74, 6) is -0.929. The Labute approximate surface area is 182 Å². The maximum atomic E-state index is 12.9. The molecule has 3 aromatic rings. The molecule has 0 aliphatic carbocycles. The van der Waals surface area contributed by atoms with Crippen molar-refractivity contribution >= 4 is 45.2 Å². The summed E-state index contributed by atoms with van der Waals surface area (Å²) >= 11 is 6.34. The molecule has 2 atom stereocenters. The number of halogens is 1. The van der Waals surface area contributed by atoms with Crippen LogP contribution in [0.4, 0.5) is 0 Å². The third kappa shape index (κ3) is 4.57. The van der Waals surface area contributed by atoms with Crippen LogP contribution in [0.3, 0.4) is 0 Å². The van der Waals surface area contributed by atoms with Crippen LogP contribution in [0.15, 0.2) is 47.4 Å². The maximum Gasteiger partial charge on any atom is 0.318 e. The van der Waals surface area contributed by atoms with Gasteiger partial charge in [-0.2, -0.15) is 0 Å². The van der Waals surface area contributed by atoms with Crippen molar-refractivity contribution in [1.29, 1.82) is 0 Å². The first-order chi connectivity index (χ1) is 14.2. The van der Waals surface area contributed by atoms with Crippen molar-refractivity contribution in [2.75, 3.05) is 12.9 Å². The minimum absolute atomic E-state index is 0.189. The van der Waals surface area contributed by atoms with Crippen LogP contribution in [-0.2, 0) is 27.4 Å². The molecule has 0 spiro atoms. The number of hydrogen-bond acceptors (Lipinski definition) is 4. The Morgan fingerprint density at radius 3 is 2.50 bits per heavy atom. The number of aryl methyl sites for hydroxylation is 2. The molecule has 0 aliphatic heterocycles. The number of benzene rings is 2. The maximum absolute atomic E-state index is 12.9. The minimum atomic E-state index is -1.47. The molecule has 8 heteroatoms. The Morgan fingerprint density at radius 2 is 1.87 bits per heavy atom. The van der Waals surface area contributed by atoms with Gasteiger partial charge in [-0.15, -0.1) is 0 Å². The van der Waals surface area contributed by atoms with Crippen molar-refractivity contribution in [2.45, 2.75) is 24.8 Å². The number of ether oxygens (including phenoxy) is 1. The lowest BCUT2D eigenvalue weighted by molar-refractivity contribution is -0.137. The first kappa shape index (κ1) is 22.1. The molecule has 30 heavy (non-hydrogen) atoms. The lowest BCUT2D eigenvalue weighted by atomic mass is 10.1. The average Bonchev–Trinajstić information content (AvgIpc) is 3.05. The lowest BCUT2D eigenvalue weighted by Gasteiger charge is -2.15. The van der Waals surface area contributed by atoms with E-state index in [1.54, 1.807) is 30.3 Å². The van der Waals surface area contributed by atoms with Crippen LogP contribution in [0, 0.1) is 6.92 Å². The highest BCUT2D eigenvalue weighted by Gasteiger charge is 2.18. The normalized spacial score (nSPS) is 13.1. The predicted octanol–water partition coefficient (Wildman–Crippen LogP) is 3.91. The second-order valence-corrected chi connectivity index (χ2v) is 8.96. The van der Waals surface area contributed by atoms with Gasteiger partial charge in [0.05, 0.1) is 34.5 Å². The van der Waals surface area contributed by atoms with E-state index in [2.05, 4.69) is 10.1 Å². The second kappa shape index (κ2) is 9.02. The van der Waals surface area contributed by atoms with Gasteiger partial charge < -0.3 is 14.6 Å². The number of nitrogens with zero attached hydrogens (tertiary/aromatic N) is 1. The molecule has 3 rings (SSSR count). The number of hydrogen-bond donors (Lipinski definition) is 1. The standard InChI is InChI=1S/C22H23ClN2O4S/c1-13-9-18(23)17-11-20(25(3)19(17)10-13)22(27)24-14(2)15-5-7-16(8-6-15)30(28)12-21(26)29-4/h5-11,14H,12H2,1-4H3,(H,24,27). The van der Waals surface area contributed by atoms with Crippen LogP contribution in [0.25, 0.3) is 10.9 Å². The molecule has 0 saturated heterocycles. The van der Waals surface area contributed by atoms with E-state index >= 15 is 0 Å². The summed E-state index contributed by atoms with van der Waals surface area (Å²) in [5, 5.41) is 4.43. The number of fused-ring (bicyclic) bond motifs is 1. The molecule has 158 valence electrons. The SMILES string of the molecule is COC(=O)CS(=O)c1ccc(C(C)NC(=O)c2cc3c(Cl)cc(C)cc3n2C)cc1. The molecule has 1 amide bonds. The summed E-state index contributed by atoms with van der Waals surface area (Å²) in [6, 6.07) is 12.4. The Bertz CT molecular complexity index is 1140. The molecule has 0 saturated carbocycles. The van der Waals surface area contributed by atoms with Gasteiger partial charge in [-0.3, -0.25) is 13.8 Å². The smallest absolute Gasteiger partial charge is 0.318 e. The Kier molecular flexibility index (Phi) is 6.63. The van der Waals surface area contributed by atoms with Crippen molar-refractivity contribution in [2.24, 2.45) is 7.05 Å². The number of aromatic nitrogens is 1. The van der Waals surface area contributed by atoms with E-state index in [0.29, 0.717) is 15.6 Å². The van der Waals surface area contributed by atoms with Crippen LogP contribution in [0.5, 0.6) is 0 Å². The molecule has 0 aliphatic rings. The third-order valence-corrected chi connectivity index (χ3v) is 6.56. The zero-order chi connectivity index (χ0) is 22.0. The van der Waals surface area contributed by atoms with Gasteiger partial charge in [0, 0.05) is 17.3 Å². The van der Waals surface area contributed by atoms with Gasteiger partial charge in [-0.05, 0) is 55.3 Å². The van der Waals surface area contributed by atoms with E-state index in [1.807, 2.05) is 37.6 Å². The Balaban J connectivity index is 1.75. The molecule has 1 aromatic heterocycles. The number of methoxy groups -OCH3 is 1. The van der Waals surface area contributed by atoms with Crippen LogP contribution < -0.4 is 5.32 Å². The summed E-state index contributed by atoms with van der Waals surface area (Å²) in [6.07, 6.45) is 0. The van der Waals surface area contributed by atoms with Crippen molar-refractivity contribution in [1.82, 2.24) is 9.88 Å². The van der Waals surface area contributed by atoms with Crippen LogP contribution >= 0.6 is 11.6 Å². The number of esters is 1. The number of rotatable bonds is 6. The number of carbonyl (C=O) groups is 2. The van der Waals surface area contributed by atoms with Crippen LogP contribution in [0.1, 0.15) is 34.6 Å². The average molecular weight is 447 g/mol. The van der Waals surface area contributed by atoms with Crippen molar-refractivity contribution in [3.05, 3.63) is 64.3 Å². The summed E-state index contributed by atoms with van der Waals surface area (Å²) in [4.78, 5) is 24.7. The molecule has 0 radical (unpaired) electrons.